The second-order valence-electron chi connectivity index (χ2n) is 4.42. The Balaban J connectivity index is 2.69. The van der Waals surface area contributed by atoms with Crippen LogP contribution in [-0.2, 0) is 6.42 Å². The van der Waals surface area contributed by atoms with E-state index in [2.05, 4.69) is 17.0 Å². The number of nitrogen functional groups attached to an aromatic ring is 1. The number of carbonyl (C=O) groups excluding carboxylic acids is 1. The van der Waals surface area contributed by atoms with Crippen LogP contribution in [0, 0.1) is 13.8 Å². The van der Waals surface area contributed by atoms with Crippen LogP contribution in [0.15, 0.2) is 12.3 Å². The quantitative estimate of drug-likeness (QED) is 0.862. The van der Waals surface area contributed by atoms with E-state index in [9.17, 15) is 4.79 Å². The number of pyridine rings is 1. The highest BCUT2D eigenvalue weighted by molar-refractivity contribution is 5.96. The number of rotatable bonds is 3. The smallest absolute Gasteiger partial charge is 0.252 e. The molecule has 0 atom stereocenters. The lowest BCUT2D eigenvalue weighted by Gasteiger charge is -2.08. The van der Waals surface area contributed by atoms with Crippen molar-refractivity contribution < 1.29 is 4.79 Å². The molecule has 0 saturated heterocycles. The van der Waals surface area contributed by atoms with Crippen molar-refractivity contribution in [2.75, 3.05) is 5.73 Å². The molecule has 0 bridgehead atoms. The van der Waals surface area contributed by atoms with Gasteiger partial charge in [0, 0.05) is 5.69 Å². The van der Waals surface area contributed by atoms with E-state index >= 15 is 0 Å². The van der Waals surface area contributed by atoms with Crippen molar-refractivity contribution >= 4 is 11.6 Å². The number of primary amides is 1. The molecule has 0 radical (unpaired) electrons. The lowest BCUT2D eigenvalue weighted by atomic mass is 10.1. The molecule has 0 aliphatic heterocycles. The Bertz CT molecular complexity index is 645. The first-order valence-electron chi connectivity index (χ1n) is 6.06. The molecule has 100 valence electrons. The molecule has 6 nitrogen and oxygen atoms in total. The number of nitrogens with two attached hydrogens (primary N) is 2. The predicted molar refractivity (Wildman–Crippen MR) is 73.1 cm³/mol. The zero-order valence-corrected chi connectivity index (χ0v) is 11.3. The second-order valence-corrected chi connectivity index (χ2v) is 4.42. The molecular weight excluding hydrogens is 242 g/mol. The Labute approximate surface area is 111 Å². The number of carbonyl (C=O) groups is 1. The van der Waals surface area contributed by atoms with E-state index < -0.39 is 5.91 Å². The van der Waals surface area contributed by atoms with E-state index in [0.717, 1.165) is 23.4 Å². The number of amides is 1. The molecule has 0 aromatic carbocycles. The summed E-state index contributed by atoms with van der Waals surface area (Å²) in [6.45, 7) is 5.94. The monoisotopic (exact) mass is 259 g/mol. The van der Waals surface area contributed by atoms with Gasteiger partial charge in [-0.05, 0) is 31.9 Å². The minimum atomic E-state index is -0.569. The van der Waals surface area contributed by atoms with Crippen molar-refractivity contribution in [3.05, 3.63) is 34.8 Å². The van der Waals surface area contributed by atoms with Crippen LogP contribution < -0.4 is 11.5 Å². The Morgan fingerprint density at radius 2 is 2.11 bits per heavy atom. The van der Waals surface area contributed by atoms with Gasteiger partial charge in [-0.15, -0.1) is 0 Å². The summed E-state index contributed by atoms with van der Waals surface area (Å²) in [5.74, 6) is -0.151. The normalized spacial score (nSPS) is 10.7. The Morgan fingerprint density at radius 3 is 2.63 bits per heavy atom. The van der Waals surface area contributed by atoms with Crippen molar-refractivity contribution in [3.8, 4) is 5.82 Å². The molecule has 2 aromatic rings. The van der Waals surface area contributed by atoms with Gasteiger partial charge in [-0.3, -0.25) is 4.79 Å². The summed E-state index contributed by atoms with van der Waals surface area (Å²) in [5, 5.41) is 4.43. The Morgan fingerprint density at radius 1 is 1.42 bits per heavy atom. The van der Waals surface area contributed by atoms with Crippen LogP contribution in [0.25, 0.3) is 5.82 Å². The number of anilines is 1. The van der Waals surface area contributed by atoms with Gasteiger partial charge < -0.3 is 11.5 Å². The molecule has 19 heavy (non-hydrogen) atoms. The lowest BCUT2D eigenvalue weighted by molar-refractivity contribution is 0.1000. The zero-order chi connectivity index (χ0) is 14.2. The second kappa shape index (κ2) is 4.72. The highest BCUT2D eigenvalue weighted by Gasteiger charge is 2.17. The summed E-state index contributed by atoms with van der Waals surface area (Å²) >= 11 is 0. The predicted octanol–water partition coefficient (Wildman–Crippen LogP) is 1.13. The third kappa shape index (κ3) is 2.16. The summed E-state index contributed by atoms with van der Waals surface area (Å²) in [6, 6.07) is 1.52. The maximum atomic E-state index is 11.5. The number of hydrogen-bond acceptors (Lipinski definition) is 4. The summed E-state index contributed by atoms with van der Waals surface area (Å²) in [5.41, 5.74) is 14.7. The van der Waals surface area contributed by atoms with Crippen molar-refractivity contribution in [3.63, 3.8) is 0 Å². The van der Waals surface area contributed by atoms with Gasteiger partial charge in [-0.2, -0.15) is 5.10 Å². The van der Waals surface area contributed by atoms with E-state index in [0.29, 0.717) is 11.5 Å². The van der Waals surface area contributed by atoms with Gasteiger partial charge >= 0.3 is 0 Å². The molecular formula is C13H17N5O. The number of nitrogens with zero attached hydrogens (tertiary/aromatic N) is 3. The average Bonchev–Trinajstić information content (AvgIpc) is 2.64. The SMILES string of the molecule is CCc1c(C)nn(-c2ncc(N)cc2C(N)=O)c1C. The summed E-state index contributed by atoms with van der Waals surface area (Å²) in [6.07, 6.45) is 2.36. The Kier molecular flexibility index (Phi) is 3.25. The van der Waals surface area contributed by atoms with Gasteiger partial charge in [0.1, 0.15) is 0 Å². The highest BCUT2D eigenvalue weighted by Crippen LogP contribution is 2.20. The third-order valence-corrected chi connectivity index (χ3v) is 3.15. The number of aryl methyl sites for hydroxylation is 1. The molecule has 2 rings (SSSR count). The molecule has 0 aliphatic carbocycles. The van der Waals surface area contributed by atoms with Crippen LogP contribution in [0.1, 0.15) is 34.2 Å². The molecule has 2 heterocycles. The van der Waals surface area contributed by atoms with Gasteiger partial charge in [0.2, 0.25) is 0 Å². The zero-order valence-electron chi connectivity index (χ0n) is 11.3. The topological polar surface area (TPSA) is 99.8 Å². The molecule has 4 N–H and O–H groups in total. The molecule has 0 fully saturated rings. The first-order chi connectivity index (χ1) is 8.95. The number of hydrogen-bond donors (Lipinski definition) is 2. The molecule has 1 amide bonds. The van der Waals surface area contributed by atoms with Gasteiger partial charge in [0.15, 0.2) is 5.82 Å². The minimum Gasteiger partial charge on any atom is -0.397 e. The van der Waals surface area contributed by atoms with Crippen molar-refractivity contribution in [2.45, 2.75) is 27.2 Å². The summed E-state index contributed by atoms with van der Waals surface area (Å²) in [7, 11) is 0. The van der Waals surface area contributed by atoms with Crippen LogP contribution in [0.2, 0.25) is 0 Å². The largest absolute Gasteiger partial charge is 0.397 e. The number of aromatic nitrogens is 3. The molecule has 6 heteroatoms. The molecule has 0 unspecified atom stereocenters. The first kappa shape index (κ1) is 13.1. The van der Waals surface area contributed by atoms with E-state index in [-0.39, 0.29) is 5.56 Å². The average molecular weight is 259 g/mol. The fraction of sp³-hybridized carbons (Fsp3) is 0.308. The van der Waals surface area contributed by atoms with Crippen molar-refractivity contribution in [1.82, 2.24) is 14.8 Å². The van der Waals surface area contributed by atoms with E-state index in [4.69, 9.17) is 11.5 Å². The van der Waals surface area contributed by atoms with Crippen molar-refractivity contribution in [1.29, 1.82) is 0 Å². The maximum Gasteiger partial charge on any atom is 0.252 e. The first-order valence-corrected chi connectivity index (χ1v) is 6.06. The molecule has 2 aromatic heterocycles. The van der Waals surface area contributed by atoms with Crippen molar-refractivity contribution in [2.24, 2.45) is 5.73 Å². The minimum absolute atomic E-state index is 0.272. The lowest BCUT2D eigenvalue weighted by Crippen LogP contribution is -2.17. The third-order valence-electron chi connectivity index (χ3n) is 3.15. The molecule has 0 spiro atoms. The summed E-state index contributed by atoms with van der Waals surface area (Å²) in [4.78, 5) is 15.7. The standard InChI is InChI=1S/C13H17N5O/c1-4-10-7(2)17-18(8(10)3)13-11(12(15)19)5-9(14)6-16-13/h5-6H,4,14H2,1-3H3,(H2,15,19). The highest BCUT2D eigenvalue weighted by atomic mass is 16.1. The van der Waals surface area contributed by atoms with Crippen LogP contribution >= 0.6 is 0 Å². The molecule has 0 saturated carbocycles. The molecule has 0 aliphatic rings. The van der Waals surface area contributed by atoms with E-state index in [1.807, 2.05) is 13.8 Å². The fourth-order valence-corrected chi connectivity index (χ4v) is 2.22. The Hall–Kier alpha value is -2.37. The van der Waals surface area contributed by atoms with Gasteiger partial charge in [-0.1, -0.05) is 6.92 Å². The van der Waals surface area contributed by atoms with E-state index in [1.165, 1.54) is 12.3 Å². The fourth-order valence-electron chi connectivity index (χ4n) is 2.22. The van der Waals surface area contributed by atoms with Gasteiger partial charge in [-0.25, -0.2) is 9.67 Å². The van der Waals surface area contributed by atoms with Gasteiger partial charge in [0.05, 0.1) is 23.1 Å². The van der Waals surface area contributed by atoms with Crippen LogP contribution in [0.4, 0.5) is 5.69 Å². The van der Waals surface area contributed by atoms with Crippen LogP contribution in [0.5, 0.6) is 0 Å². The van der Waals surface area contributed by atoms with Crippen LogP contribution in [0.3, 0.4) is 0 Å². The van der Waals surface area contributed by atoms with Gasteiger partial charge in [0.25, 0.3) is 5.91 Å². The van der Waals surface area contributed by atoms with E-state index in [1.54, 1.807) is 4.68 Å². The summed E-state index contributed by atoms with van der Waals surface area (Å²) < 4.78 is 1.65. The van der Waals surface area contributed by atoms with Crippen LogP contribution in [-0.4, -0.2) is 20.7 Å². The maximum absolute atomic E-state index is 11.5.